The zero-order chi connectivity index (χ0) is 18.9. The van der Waals surface area contributed by atoms with Crippen LogP contribution in [0, 0.1) is 0 Å². The second-order valence-electron chi connectivity index (χ2n) is 7.00. The second kappa shape index (κ2) is 7.03. The van der Waals surface area contributed by atoms with Gasteiger partial charge in [-0.05, 0) is 20.4 Å². The highest BCUT2D eigenvalue weighted by molar-refractivity contribution is 6.52. The third-order valence-electron chi connectivity index (χ3n) is 4.73. The second-order valence-corrected chi connectivity index (χ2v) is 7.00. The van der Waals surface area contributed by atoms with Crippen molar-refractivity contribution in [3.63, 3.8) is 0 Å². The first-order valence-electron chi connectivity index (χ1n) is 8.86. The van der Waals surface area contributed by atoms with E-state index >= 15 is 0 Å². The molecule has 0 radical (unpaired) electrons. The summed E-state index contributed by atoms with van der Waals surface area (Å²) in [6, 6.07) is 6.92. The minimum absolute atomic E-state index is 0.175. The highest BCUT2D eigenvalue weighted by Gasteiger charge is 2.46. The van der Waals surface area contributed by atoms with E-state index in [0.29, 0.717) is 23.4 Å². The minimum atomic E-state index is -0.805. The van der Waals surface area contributed by atoms with Gasteiger partial charge in [0.15, 0.2) is 0 Å². The number of benzene rings is 1. The number of Topliss-reactive ketones (excluding diaryl/α,β-unsaturated/α-hetero) is 2. The Morgan fingerprint density at radius 2 is 1.92 bits per heavy atom. The Labute approximate surface area is 152 Å². The van der Waals surface area contributed by atoms with E-state index in [9.17, 15) is 14.4 Å². The molecule has 0 saturated carbocycles. The fourth-order valence-corrected chi connectivity index (χ4v) is 3.23. The monoisotopic (exact) mass is 357 g/mol. The Morgan fingerprint density at radius 3 is 2.62 bits per heavy atom. The van der Waals surface area contributed by atoms with Crippen LogP contribution in [0.5, 0.6) is 0 Å². The number of ketones is 2. The first-order valence-corrected chi connectivity index (χ1v) is 8.86. The van der Waals surface area contributed by atoms with E-state index in [0.717, 1.165) is 6.54 Å². The third kappa shape index (κ3) is 3.29. The largest absolute Gasteiger partial charge is 0.483 e. The molecule has 6 heteroatoms. The van der Waals surface area contributed by atoms with E-state index in [1.54, 1.807) is 24.3 Å². The molecule has 2 aliphatic rings. The molecule has 0 aromatic heterocycles. The minimum Gasteiger partial charge on any atom is -0.483 e. The van der Waals surface area contributed by atoms with E-state index in [4.69, 9.17) is 9.47 Å². The van der Waals surface area contributed by atoms with Gasteiger partial charge in [-0.25, -0.2) is 0 Å². The maximum absolute atomic E-state index is 12.5. The Balaban J connectivity index is 1.87. The van der Waals surface area contributed by atoms with Gasteiger partial charge in [0.25, 0.3) is 0 Å². The van der Waals surface area contributed by atoms with Crippen LogP contribution in [0.4, 0.5) is 0 Å². The maximum atomic E-state index is 12.5. The average Bonchev–Trinajstić information content (AvgIpc) is 2.61. The SMILES string of the molecule is CCNCCC(=O)OC1CC2=C(OC1(C)C)c1ccccc1C(=O)C2=O. The molecule has 1 aliphatic heterocycles. The van der Waals surface area contributed by atoms with Crippen LogP contribution in [0.3, 0.4) is 0 Å². The van der Waals surface area contributed by atoms with Gasteiger partial charge in [0.2, 0.25) is 11.6 Å². The Morgan fingerprint density at radius 1 is 1.23 bits per heavy atom. The summed E-state index contributed by atoms with van der Waals surface area (Å²) >= 11 is 0. The van der Waals surface area contributed by atoms with Gasteiger partial charge in [0.05, 0.1) is 12.0 Å². The van der Waals surface area contributed by atoms with Crippen LogP contribution in [0.2, 0.25) is 0 Å². The number of ether oxygens (including phenoxy) is 2. The first-order chi connectivity index (χ1) is 12.3. The molecular formula is C20H23NO5. The summed E-state index contributed by atoms with van der Waals surface area (Å²) in [5.41, 5.74) is 0.461. The van der Waals surface area contributed by atoms with Crippen LogP contribution in [0.25, 0.3) is 5.76 Å². The van der Waals surface area contributed by atoms with Gasteiger partial charge in [0.1, 0.15) is 17.5 Å². The predicted molar refractivity (Wildman–Crippen MR) is 95.5 cm³/mol. The molecule has 0 fully saturated rings. The first kappa shape index (κ1) is 18.3. The standard InChI is InChI=1S/C20H23NO5/c1-4-21-10-9-16(22)25-15-11-14-18(24)17(23)12-7-5-6-8-13(12)19(14)26-20(15,2)3/h5-8,15,21H,4,9-11H2,1-3H3. The van der Waals surface area contributed by atoms with Crippen molar-refractivity contribution in [2.24, 2.45) is 0 Å². The van der Waals surface area contributed by atoms with Crippen molar-refractivity contribution in [2.45, 2.75) is 45.3 Å². The van der Waals surface area contributed by atoms with Crippen LogP contribution >= 0.6 is 0 Å². The molecular weight excluding hydrogens is 334 g/mol. The van der Waals surface area contributed by atoms with Crippen LogP contribution in [0.15, 0.2) is 29.8 Å². The number of esters is 1. The zero-order valence-corrected chi connectivity index (χ0v) is 15.3. The molecule has 1 aromatic carbocycles. The molecule has 138 valence electrons. The van der Waals surface area contributed by atoms with E-state index < -0.39 is 23.3 Å². The summed E-state index contributed by atoms with van der Waals surface area (Å²) in [5.74, 6) is -1.05. The van der Waals surface area contributed by atoms with Gasteiger partial charge >= 0.3 is 5.97 Å². The summed E-state index contributed by atoms with van der Waals surface area (Å²) in [4.78, 5) is 37.0. The topological polar surface area (TPSA) is 81.7 Å². The van der Waals surface area contributed by atoms with Crippen LogP contribution in [-0.2, 0) is 19.1 Å². The summed E-state index contributed by atoms with van der Waals surface area (Å²) in [5, 5.41) is 3.07. The van der Waals surface area contributed by atoms with E-state index in [-0.39, 0.29) is 24.4 Å². The fraction of sp³-hybridized carbons (Fsp3) is 0.450. The summed E-state index contributed by atoms with van der Waals surface area (Å²) in [6.07, 6.45) is -0.214. The Bertz CT molecular complexity index is 793. The highest BCUT2D eigenvalue weighted by atomic mass is 16.6. The molecule has 1 N–H and O–H groups in total. The van der Waals surface area contributed by atoms with Gasteiger partial charge in [-0.15, -0.1) is 0 Å². The number of fused-ring (bicyclic) bond motifs is 2. The normalized spacial score (nSPS) is 21.0. The molecule has 1 unspecified atom stereocenters. The van der Waals surface area contributed by atoms with Crippen LogP contribution in [-0.4, -0.2) is 42.3 Å². The predicted octanol–water partition coefficient (Wildman–Crippen LogP) is 2.27. The lowest BCUT2D eigenvalue weighted by molar-refractivity contribution is -0.163. The third-order valence-corrected chi connectivity index (χ3v) is 4.73. The molecule has 1 aromatic rings. The molecule has 0 spiro atoms. The van der Waals surface area contributed by atoms with Gasteiger partial charge < -0.3 is 14.8 Å². The quantitative estimate of drug-likeness (QED) is 0.495. The van der Waals surface area contributed by atoms with Crippen LogP contribution < -0.4 is 5.32 Å². The summed E-state index contributed by atoms with van der Waals surface area (Å²) in [6.45, 7) is 6.91. The molecule has 0 amide bonds. The molecule has 1 atom stereocenters. The lowest BCUT2D eigenvalue weighted by Gasteiger charge is -2.41. The van der Waals surface area contributed by atoms with Gasteiger partial charge in [0, 0.05) is 24.1 Å². The van der Waals surface area contributed by atoms with Crippen molar-refractivity contribution >= 4 is 23.3 Å². The van der Waals surface area contributed by atoms with Crippen molar-refractivity contribution in [3.05, 3.63) is 41.0 Å². The molecule has 1 heterocycles. The fourth-order valence-electron chi connectivity index (χ4n) is 3.23. The number of carbonyl (C=O) groups excluding carboxylic acids is 3. The smallest absolute Gasteiger partial charge is 0.307 e. The van der Waals surface area contributed by atoms with Crippen molar-refractivity contribution in [3.8, 4) is 0 Å². The molecule has 0 saturated heterocycles. The number of carbonyl (C=O) groups is 3. The number of nitrogens with one attached hydrogen (secondary N) is 1. The van der Waals surface area contributed by atoms with Gasteiger partial charge in [-0.2, -0.15) is 0 Å². The highest BCUT2D eigenvalue weighted by Crippen LogP contribution is 2.42. The maximum Gasteiger partial charge on any atom is 0.307 e. The van der Waals surface area contributed by atoms with Crippen molar-refractivity contribution in [1.82, 2.24) is 5.32 Å². The molecule has 6 nitrogen and oxygen atoms in total. The Kier molecular flexibility index (Phi) is 4.96. The van der Waals surface area contributed by atoms with Crippen molar-refractivity contribution in [1.29, 1.82) is 0 Å². The number of rotatable bonds is 5. The zero-order valence-electron chi connectivity index (χ0n) is 15.3. The van der Waals surface area contributed by atoms with Crippen LogP contribution in [0.1, 0.15) is 49.5 Å². The van der Waals surface area contributed by atoms with E-state index in [1.807, 2.05) is 20.8 Å². The van der Waals surface area contributed by atoms with Crippen molar-refractivity contribution < 1.29 is 23.9 Å². The van der Waals surface area contributed by atoms with Gasteiger partial charge in [-0.3, -0.25) is 14.4 Å². The molecule has 26 heavy (non-hydrogen) atoms. The number of hydrogen-bond donors (Lipinski definition) is 1. The average molecular weight is 357 g/mol. The summed E-state index contributed by atoms with van der Waals surface area (Å²) < 4.78 is 11.6. The summed E-state index contributed by atoms with van der Waals surface area (Å²) in [7, 11) is 0. The van der Waals surface area contributed by atoms with Crippen molar-refractivity contribution in [2.75, 3.05) is 13.1 Å². The van der Waals surface area contributed by atoms with Gasteiger partial charge in [-0.1, -0.05) is 31.2 Å². The molecule has 1 aliphatic carbocycles. The van der Waals surface area contributed by atoms with E-state index in [1.165, 1.54) is 0 Å². The lowest BCUT2D eigenvalue weighted by Crippen LogP contribution is -2.47. The lowest BCUT2D eigenvalue weighted by atomic mass is 9.81. The Hall–Kier alpha value is -2.47. The molecule has 0 bridgehead atoms. The number of hydrogen-bond acceptors (Lipinski definition) is 6. The molecule has 3 rings (SSSR count). The van der Waals surface area contributed by atoms with E-state index in [2.05, 4.69) is 5.32 Å².